The third kappa shape index (κ3) is 7.44. The molecule has 0 saturated carbocycles. The first kappa shape index (κ1) is 9.44. The van der Waals surface area contributed by atoms with Crippen LogP contribution in [0.2, 0.25) is 0 Å². The Hall–Kier alpha value is -0.560. The van der Waals surface area contributed by atoms with Gasteiger partial charge >= 0.3 is 0 Å². The van der Waals surface area contributed by atoms with Crippen LogP contribution in [0, 0.1) is 0 Å². The fourth-order valence-electron chi connectivity index (χ4n) is 0.724. The van der Waals surface area contributed by atoms with Crippen LogP contribution < -0.4 is 0 Å². The van der Waals surface area contributed by atoms with Gasteiger partial charge in [0.2, 0.25) is 0 Å². The van der Waals surface area contributed by atoms with Gasteiger partial charge in [-0.2, -0.15) is 0 Å². The van der Waals surface area contributed by atoms with Crippen molar-refractivity contribution in [1.82, 2.24) is 0 Å². The van der Waals surface area contributed by atoms with Gasteiger partial charge in [0.15, 0.2) is 0 Å². The minimum Gasteiger partial charge on any atom is -0.393 e. The van der Waals surface area contributed by atoms with Crippen molar-refractivity contribution in [1.29, 1.82) is 0 Å². The van der Waals surface area contributed by atoms with Crippen molar-refractivity contribution < 1.29 is 5.11 Å². The summed E-state index contributed by atoms with van der Waals surface area (Å²) in [6.07, 6.45) is 8.59. The molecule has 0 amide bonds. The summed E-state index contributed by atoms with van der Waals surface area (Å²) >= 11 is 0. The predicted molar refractivity (Wildman–Crippen MR) is 44.9 cm³/mol. The highest BCUT2D eigenvalue weighted by Crippen LogP contribution is 2.00. The van der Waals surface area contributed by atoms with E-state index in [9.17, 15) is 0 Å². The van der Waals surface area contributed by atoms with Crippen molar-refractivity contribution in [2.75, 3.05) is 0 Å². The normalized spacial score (nSPS) is 13.8. The van der Waals surface area contributed by atoms with Crippen molar-refractivity contribution in [3.8, 4) is 0 Å². The summed E-state index contributed by atoms with van der Waals surface area (Å²) in [5.41, 5.74) is 0. The Morgan fingerprint density at radius 1 is 1.60 bits per heavy atom. The van der Waals surface area contributed by atoms with Crippen molar-refractivity contribution in [2.45, 2.75) is 32.3 Å². The molecule has 0 aliphatic rings. The molecular weight excluding hydrogens is 124 g/mol. The molecule has 0 aromatic carbocycles. The van der Waals surface area contributed by atoms with Gasteiger partial charge in [-0.15, -0.1) is 0 Å². The van der Waals surface area contributed by atoms with Crippen LogP contribution in [0.25, 0.3) is 0 Å². The number of hydrogen-bond donors (Lipinski definition) is 1. The van der Waals surface area contributed by atoms with E-state index in [0.717, 1.165) is 19.3 Å². The van der Waals surface area contributed by atoms with Gasteiger partial charge in [0.1, 0.15) is 0 Å². The van der Waals surface area contributed by atoms with E-state index < -0.39 is 0 Å². The Kier molecular flexibility index (Phi) is 6.19. The first-order valence-electron chi connectivity index (χ1n) is 3.73. The molecule has 0 bridgehead atoms. The molecule has 0 aromatic rings. The van der Waals surface area contributed by atoms with Gasteiger partial charge in [0.05, 0.1) is 6.10 Å². The van der Waals surface area contributed by atoms with E-state index in [-0.39, 0.29) is 6.10 Å². The van der Waals surface area contributed by atoms with Crippen LogP contribution in [0.3, 0.4) is 0 Å². The molecule has 10 heavy (non-hydrogen) atoms. The molecule has 0 spiro atoms. The number of allylic oxidation sites excluding steroid dienone is 3. The van der Waals surface area contributed by atoms with Crippen LogP contribution in [0.4, 0.5) is 0 Å². The van der Waals surface area contributed by atoms with Crippen molar-refractivity contribution >= 4 is 0 Å². The lowest BCUT2D eigenvalue weighted by molar-refractivity contribution is 0.182. The third-order valence-electron chi connectivity index (χ3n) is 1.26. The van der Waals surface area contributed by atoms with Crippen LogP contribution in [0.1, 0.15) is 26.2 Å². The summed E-state index contributed by atoms with van der Waals surface area (Å²) < 4.78 is 0. The maximum absolute atomic E-state index is 8.86. The first-order chi connectivity index (χ1) is 4.77. The zero-order valence-corrected chi connectivity index (χ0v) is 6.59. The molecule has 1 atom stereocenters. The van der Waals surface area contributed by atoms with Crippen molar-refractivity contribution in [3.63, 3.8) is 0 Å². The Bertz CT molecular complexity index is 103. The second-order valence-corrected chi connectivity index (χ2v) is 2.44. The first-order valence-corrected chi connectivity index (χ1v) is 3.73. The lowest BCUT2D eigenvalue weighted by atomic mass is 10.2. The monoisotopic (exact) mass is 140 g/mol. The lowest BCUT2D eigenvalue weighted by Gasteiger charge is -1.99. The number of rotatable bonds is 5. The molecular formula is C9H16O. The molecule has 0 aliphatic carbocycles. The highest BCUT2D eigenvalue weighted by molar-refractivity contribution is 4.96. The minimum absolute atomic E-state index is 0.155. The lowest BCUT2D eigenvalue weighted by Crippen LogP contribution is -1.97. The van der Waals surface area contributed by atoms with Crippen LogP contribution in [0.15, 0.2) is 24.8 Å². The standard InChI is InChI=1S/C9H16O/c1-3-4-5-6-7-8-9(2)10/h3-5,9-10H,1,6-8H2,2H3/t9-/m1/s1. The van der Waals surface area contributed by atoms with Crippen LogP contribution in [-0.2, 0) is 0 Å². The Morgan fingerprint density at radius 3 is 2.80 bits per heavy atom. The molecule has 0 saturated heterocycles. The second kappa shape index (κ2) is 6.56. The molecule has 1 nitrogen and oxygen atoms in total. The predicted octanol–water partition coefficient (Wildman–Crippen LogP) is 2.28. The Labute approximate surface area is 63.1 Å². The van der Waals surface area contributed by atoms with Crippen LogP contribution in [0.5, 0.6) is 0 Å². The molecule has 0 aromatic heterocycles. The quantitative estimate of drug-likeness (QED) is 0.459. The largest absolute Gasteiger partial charge is 0.393 e. The molecule has 0 heterocycles. The van der Waals surface area contributed by atoms with Gasteiger partial charge < -0.3 is 5.11 Å². The Balaban J connectivity index is 3.04. The summed E-state index contributed by atoms with van der Waals surface area (Å²) in [4.78, 5) is 0. The second-order valence-electron chi connectivity index (χ2n) is 2.44. The molecule has 0 radical (unpaired) electrons. The number of aliphatic hydroxyl groups excluding tert-OH is 1. The average molecular weight is 140 g/mol. The van der Waals surface area contributed by atoms with E-state index in [1.54, 1.807) is 6.08 Å². The zero-order chi connectivity index (χ0) is 7.82. The molecule has 1 heteroatoms. The van der Waals surface area contributed by atoms with E-state index in [1.165, 1.54) is 0 Å². The maximum Gasteiger partial charge on any atom is 0.0512 e. The van der Waals surface area contributed by atoms with Crippen LogP contribution in [-0.4, -0.2) is 11.2 Å². The van der Waals surface area contributed by atoms with E-state index in [1.807, 2.05) is 13.0 Å². The van der Waals surface area contributed by atoms with Gasteiger partial charge in [0, 0.05) is 0 Å². The SMILES string of the molecule is C=CC=CCCC[C@@H](C)O. The molecule has 0 rings (SSSR count). The number of hydrogen-bond acceptors (Lipinski definition) is 1. The maximum atomic E-state index is 8.86. The van der Waals surface area contributed by atoms with E-state index in [4.69, 9.17) is 5.11 Å². The number of unbranched alkanes of at least 4 members (excludes halogenated alkanes) is 1. The van der Waals surface area contributed by atoms with E-state index in [0.29, 0.717) is 0 Å². The third-order valence-corrected chi connectivity index (χ3v) is 1.26. The molecule has 0 fully saturated rings. The van der Waals surface area contributed by atoms with Gasteiger partial charge in [-0.25, -0.2) is 0 Å². The van der Waals surface area contributed by atoms with E-state index >= 15 is 0 Å². The topological polar surface area (TPSA) is 20.2 Å². The Morgan fingerprint density at radius 2 is 2.30 bits per heavy atom. The summed E-state index contributed by atoms with van der Waals surface area (Å²) in [5, 5.41) is 8.86. The smallest absolute Gasteiger partial charge is 0.0512 e. The van der Waals surface area contributed by atoms with Gasteiger partial charge in [-0.3, -0.25) is 0 Å². The minimum atomic E-state index is -0.155. The van der Waals surface area contributed by atoms with Gasteiger partial charge in [0.25, 0.3) is 0 Å². The fraction of sp³-hybridized carbons (Fsp3) is 0.556. The fourth-order valence-corrected chi connectivity index (χ4v) is 0.724. The summed E-state index contributed by atoms with van der Waals surface area (Å²) in [7, 11) is 0. The summed E-state index contributed by atoms with van der Waals surface area (Å²) in [6.45, 7) is 5.37. The average Bonchev–Trinajstić information content (AvgIpc) is 1.87. The summed E-state index contributed by atoms with van der Waals surface area (Å²) in [5.74, 6) is 0. The number of aliphatic hydroxyl groups is 1. The molecule has 58 valence electrons. The summed E-state index contributed by atoms with van der Waals surface area (Å²) in [6, 6.07) is 0. The van der Waals surface area contributed by atoms with Crippen molar-refractivity contribution in [3.05, 3.63) is 24.8 Å². The van der Waals surface area contributed by atoms with E-state index in [2.05, 4.69) is 12.7 Å². The molecule has 1 N–H and O–H groups in total. The highest BCUT2D eigenvalue weighted by Gasteiger charge is 1.91. The van der Waals surface area contributed by atoms with Gasteiger partial charge in [-0.05, 0) is 26.2 Å². The highest BCUT2D eigenvalue weighted by atomic mass is 16.3. The van der Waals surface area contributed by atoms with Crippen LogP contribution >= 0.6 is 0 Å². The molecule has 0 aliphatic heterocycles. The zero-order valence-electron chi connectivity index (χ0n) is 6.59. The van der Waals surface area contributed by atoms with Crippen molar-refractivity contribution in [2.24, 2.45) is 0 Å². The molecule has 0 unspecified atom stereocenters. The van der Waals surface area contributed by atoms with Gasteiger partial charge in [-0.1, -0.05) is 24.8 Å².